The summed E-state index contributed by atoms with van der Waals surface area (Å²) in [6.45, 7) is 17.8. The van der Waals surface area contributed by atoms with Crippen LogP contribution >= 0.6 is 0 Å². The summed E-state index contributed by atoms with van der Waals surface area (Å²) >= 11 is 0. The number of rotatable bonds is 6. The van der Waals surface area contributed by atoms with Crippen LogP contribution in [0.15, 0.2) is 24.3 Å². The Morgan fingerprint density at radius 3 is 1.89 bits per heavy atom. The maximum absolute atomic E-state index is 14.5. The second-order valence-corrected chi connectivity index (χ2v) is 12.7. The summed E-state index contributed by atoms with van der Waals surface area (Å²) in [7, 11) is 0. The van der Waals surface area contributed by atoms with Crippen molar-refractivity contribution in [3.63, 3.8) is 0 Å². The van der Waals surface area contributed by atoms with Crippen molar-refractivity contribution in [2.24, 2.45) is 23.2 Å². The van der Waals surface area contributed by atoms with E-state index in [1.54, 1.807) is 27.7 Å². The SMILES string of the molecule is C=C1[C@@H](OC(=O)C(C)C)CC(=O)C(C)(C)/C=C/[C@H](C)C(=O)[C@]2(OC(C)=O)C[C@](C)(OC(C)=O)[C@@H](OC(C)=O)[C@H]2[C@@H]1OC(C)=O. The molecule has 2 aliphatic rings. The first-order valence-electron chi connectivity index (χ1n) is 14.5. The fourth-order valence-corrected chi connectivity index (χ4v) is 5.88. The molecule has 0 aromatic heterocycles. The molecule has 1 saturated carbocycles. The fourth-order valence-electron chi connectivity index (χ4n) is 5.88. The molecule has 0 bridgehead atoms. The van der Waals surface area contributed by atoms with E-state index < -0.39 is 94.7 Å². The Morgan fingerprint density at radius 1 is 0.864 bits per heavy atom. The van der Waals surface area contributed by atoms with Crippen molar-refractivity contribution >= 4 is 41.4 Å². The van der Waals surface area contributed by atoms with Gasteiger partial charge in [-0.2, -0.15) is 0 Å². The Balaban J connectivity index is 3.09. The summed E-state index contributed by atoms with van der Waals surface area (Å²) in [6.07, 6.45) is -2.42. The van der Waals surface area contributed by atoms with Crippen molar-refractivity contribution in [2.75, 3.05) is 0 Å². The van der Waals surface area contributed by atoms with Gasteiger partial charge in [0.05, 0.1) is 11.8 Å². The molecule has 0 spiro atoms. The third-order valence-electron chi connectivity index (χ3n) is 7.93. The molecule has 0 heterocycles. The molecular formula is C32H44O12. The van der Waals surface area contributed by atoms with Gasteiger partial charge in [-0.1, -0.05) is 39.5 Å². The standard InChI is InChI=1S/C32H44O12/c1-16(2)29(39)42-23-14-24(37)30(9,10)13-12-17(3)27(38)32(44-22(8)36)15-31(11,43-21(7)35)28(41-20(6)34)25(32)26(18(23)4)40-19(5)33/h12-13,16-17,23,25-26,28H,4,14-15H2,1-3,5-11H3/b13-12+/t17-,23-,25+,26+,28-,31-,32-/m0/s1. The lowest BCUT2D eigenvalue weighted by atomic mass is 9.73. The second-order valence-electron chi connectivity index (χ2n) is 12.7. The van der Waals surface area contributed by atoms with Crippen LogP contribution in [0.25, 0.3) is 0 Å². The van der Waals surface area contributed by atoms with Crippen molar-refractivity contribution in [3.05, 3.63) is 24.3 Å². The van der Waals surface area contributed by atoms with Gasteiger partial charge in [0, 0.05) is 57.4 Å². The number of ether oxygens (including phenoxy) is 5. The number of carbonyl (C=O) groups excluding carboxylic acids is 7. The first-order chi connectivity index (χ1) is 20.1. The van der Waals surface area contributed by atoms with Crippen LogP contribution in [0.2, 0.25) is 0 Å². The zero-order chi connectivity index (χ0) is 33.9. The molecule has 0 amide bonds. The van der Waals surface area contributed by atoms with Gasteiger partial charge < -0.3 is 23.7 Å². The minimum Gasteiger partial charge on any atom is -0.458 e. The predicted molar refractivity (Wildman–Crippen MR) is 154 cm³/mol. The van der Waals surface area contributed by atoms with Gasteiger partial charge in [0.25, 0.3) is 0 Å². The fraction of sp³-hybridized carbons (Fsp3) is 0.656. The van der Waals surface area contributed by atoms with Crippen molar-refractivity contribution in [1.29, 1.82) is 0 Å². The van der Waals surface area contributed by atoms with Gasteiger partial charge in [0.2, 0.25) is 0 Å². The van der Waals surface area contributed by atoms with Crippen molar-refractivity contribution < 1.29 is 57.2 Å². The van der Waals surface area contributed by atoms with Gasteiger partial charge in [-0.05, 0) is 20.8 Å². The molecule has 244 valence electrons. The summed E-state index contributed by atoms with van der Waals surface area (Å²) in [6, 6.07) is 0. The molecule has 0 aliphatic heterocycles. The summed E-state index contributed by atoms with van der Waals surface area (Å²) in [4.78, 5) is 91.2. The Bertz CT molecular complexity index is 1260. The van der Waals surface area contributed by atoms with Crippen molar-refractivity contribution in [1.82, 2.24) is 0 Å². The lowest BCUT2D eigenvalue weighted by Gasteiger charge is -2.41. The summed E-state index contributed by atoms with van der Waals surface area (Å²) < 4.78 is 28.7. The molecule has 0 unspecified atom stereocenters. The molecule has 12 nitrogen and oxygen atoms in total. The van der Waals surface area contributed by atoms with Crippen LogP contribution in [0.4, 0.5) is 0 Å². The van der Waals surface area contributed by atoms with E-state index in [1.807, 2.05) is 0 Å². The molecule has 0 saturated heterocycles. The molecule has 12 heteroatoms. The quantitative estimate of drug-likeness (QED) is 0.242. The van der Waals surface area contributed by atoms with E-state index in [0.717, 1.165) is 27.7 Å². The van der Waals surface area contributed by atoms with Crippen molar-refractivity contribution in [2.45, 2.75) is 112 Å². The minimum absolute atomic E-state index is 0.130. The average molecular weight is 621 g/mol. The Morgan fingerprint density at radius 2 is 1.41 bits per heavy atom. The van der Waals surface area contributed by atoms with Crippen LogP contribution in [-0.2, 0) is 57.2 Å². The minimum atomic E-state index is -2.22. The number of esters is 5. The smallest absolute Gasteiger partial charge is 0.308 e. The van der Waals surface area contributed by atoms with Gasteiger partial charge >= 0.3 is 29.8 Å². The van der Waals surface area contributed by atoms with E-state index >= 15 is 0 Å². The Hall–Kier alpha value is -3.83. The molecule has 0 aromatic rings. The third-order valence-corrected chi connectivity index (χ3v) is 7.93. The lowest BCUT2D eigenvalue weighted by molar-refractivity contribution is -0.190. The summed E-state index contributed by atoms with van der Waals surface area (Å²) in [5, 5.41) is 0. The van der Waals surface area contributed by atoms with Gasteiger partial charge in [-0.25, -0.2) is 0 Å². The predicted octanol–water partition coefficient (Wildman–Crippen LogP) is 3.38. The molecule has 1 fully saturated rings. The summed E-state index contributed by atoms with van der Waals surface area (Å²) in [5.41, 5.74) is -5.28. The number of hydrogen-bond acceptors (Lipinski definition) is 12. The van der Waals surface area contributed by atoms with E-state index in [9.17, 15) is 33.6 Å². The highest BCUT2D eigenvalue weighted by Gasteiger charge is 2.71. The van der Waals surface area contributed by atoms with Gasteiger partial charge in [0.1, 0.15) is 18.0 Å². The van der Waals surface area contributed by atoms with E-state index in [2.05, 4.69) is 6.58 Å². The van der Waals surface area contributed by atoms with Gasteiger partial charge in [0.15, 0.2) is 23.1 Å². The molecule has 2 aliphatic carbocycles. The molecule has 0 aromatic carbocycles. The van der Waals surface area contributed by atoms with E-state index in [-0.39, 0.29) is 17.8 Å². The van der Waals surface area contributed by atoms with E-state index in [1.165, 1.54) is 26.0 Å². The van der Waals surface area contributed by atoms with Crippen LogP contribution in [0, 0.1) is 23.2 Å². The maximum Gasteiger partial charge on any atom is 0.308 e. The first kappa shape index (κ1) is 36.4. The molecule has 7 atom stereocenters. The van der Waals surface area contributed by atoms with Crippen LogP contribution in [0.1, 0.15) is 82.1 Å². The largest absolute Gasteiger partial charge is 0.458 e. The summed E-state index contributed by atoms with van der Waals surface area (Å²) in [5.74, 6) is -8.34. The number of fused-ring (bicyclic) bond motifs is 1. The highest BCUT2D eigenvalue weighted by Crippen LogP contribution is 2.54. The number of hydrogen-bond donors (Lipinski definition) is 0. The molecule has 44 heavy (non-hydrogen) atoms. The average Bonchev–Trinajstić information content (AvgIpc) is 3.09. The van der Waals surface area contributed by atoms with Crippen LogP contribution in [0.5, 0.6) is 0 Å². The van der Waals surface area contributed by atoms with Crippen LogP contribution < -0.4 is 0 Å². The van der Waals surface area contributed by atoms with Crippen LogP contribution in [0.3, 0.4) is 0 Å². The normalized spacial score (nSPS) is 32.8. The van der Waals surface area contributed by atoms with Gasteiger partial charge in [-0.3, -0.25) is 33.6 Å². The molecule has 0 radical (unpaired) electrons. The highest BCUT2D eigenvalue weighted by molar-refractivity contribution is 5.94. The highest BCUT2D eigenvalue weighted by atomic mass is 16.6. The monoisotopic (exact) mass is 620 g/mol. The van der Waals surface area contributed by atoms with E-state index in [0.29, 0.717) is 0 Å². The lowest BCUT2D eigenvalue weighted by Crippen LogP contribution is -2.57. The number of allylic oxidation sites excluding steroid dienone is 2. The number of ketones is 2. The van der Waals surface area contributed by atoms with Crippen molar-refractivity contribution in [3.8, 4) is 0 Å². The van der Waals surface area contributed by atoms with Crippen LogP contribution in [-0.4, -0.2) is 70.9 Å². The second kappa shape index (κ2) is 13.4. The Labute approximate surface area is 257 Å². The third kappa shape index (κ3) is 7.81. The molecule has 0 N–H and O–H groups in total. The number of carbonyl (C=O) groups is 7. The topological polar surface area (TPSA) is 166 Å². The number of Topliss-reactive ketones (excluding diaryl/α,β-unsaturated/α-hetero) is 2. The molecule has 2 rings (SSSR count). The maximum atomic E-state index is 14.5. The van der Waals surface area contributed by atoms with Gasteiger partial charge in [-0.15, -0.1) is 0 Å². The molecular weight excluding hydrogens is 576 g/mol. The Kier molecular flexibility index (Phi) is 11.1. The zero-order valence-corrected chi connectivity index (χ0v) is 27.1. The first-order valence-corrected chi connectivity index (χ1v) is 14.5. The zero-order valence-electron chi connectivity index (χ0n) is 27.1. The van der Waals surface area contributed by atoms with E-state index in [4.69, 9.17) is 23.7 Å².